The summed E-state index contributed by atoms with van der Waals surface area (Å²) in [5.74, 6) is -1.70. The van der Waals surface area contributed by atoms with Crippen molar-refractivity contribution in [2.24, 2.45) is 0 Å². The number of nitrogens with one attached hydrogen (secondary N) is 2. The first-order valence-electron chi connectivity index (χ1n) is 3.57. The second kappa shape index (κ2) is 4.05. The van der Waals surface area contributed by atoms with Gasteiger partial charge in [-0.2, -0.15) is 10.1 Å². The van der Waals surface area contributed by atoms with Gasteiger partial charge in [-0.05, 0) is 0 Å². The van der Waals surface area contributed by atoms with E-state index < -0.39 is 28.2 Å². The highest BCUT2D eigenvalue weighted by molar-refractivity contribution is 7.92. The molecule has 3 N–H and O–H groups in total. The fourth-order valence-corrected chi connectivity index (χ4v) is 1.61. The fourth-order valence-electron chi connectivity index (χ4n) is 0.675. The van der Waals surface area contributed by atoms with Gasteiger partial charge in [-0.15, -0.1) is 0 Å². The number of sulfonamides is 1. The summed E-state index contributed by atoms with van der Waals surface area (Å²) in [5.41, 5.74) is 0. The molecule has 1 heterocycles. The van der Waals surface area contributed by atoms with Crippen LogP contribution in [0.2, 0.25) is 0 Å². The number of nitrogens with zero attached hydrogens (tertiary/aromatic N) is 2. The normalized spacial score (nSPS) is 11.1. The first kappa shape index (κ1) is 10.4. The minimum atomic E-state index is -3.66. The number of rotatable bonds is 5. The molecule has 1 aromatic rings. The van der Waals surface area contributed by atoms with Crippen LogP contribution in [-0.4, -0.2) is 40.4 Å². The van der Waals surface area contributed by atoms with Gasteiger partial charge in [0.1, 0.15) is 6.33 Å². The lowest BCUT2D eigenvalue weighted by molar-refractivity contribution is -0.136. The Balaban J connectivity index is 2.55. The number of carboxylic acid groups (broad SMARTS) is 1. The maximum atomic E-state index is 11.1. The molecule has 0 saturated carbocycles. The summed E-state index contributed by atoms with van der Waals surface area (Å²) in [6, 6.07) is 0. The van der Waals surface area contributed by atoms with E-state index in [-0.39, 0.29) is 5.95 Å². The zero-order valence-electron chi connectivity index (χ0n) is 6.97. The third kappa shape index (κ3) is 3.39. The lowest BCUT2D eigenvalue weighted by Gasteiger charge is -2.01. The van der Waals surface area contributed by atoms with Gasteiger partial charge in [-0.25, -0.2) is 13.5 Å². The number of carbonyl (C=O) groups is 1. The highest BCUT2D eigenvalue weighted by Gasteiger charge is 2.13. The number of aromatic nitrogens is 3. The Morgan fingerprint density at radius 3 is 2.86 bits per heavy atom. The summed E-state index contributed by atoms with van der Waals surface area (Å²) in [6.45, 7) is 0. The minimum absolute atomic E-state index is 0.0320. The predicted molar refractivity (Wildman–Crippen MR) is 46.0 cm³/mol. The predicted octanol–water partition coefficient (Wildman–Crippen LogP) is -0.979. The van der Waals surface area contributed by atoms with Crippen LogP contribution in [0.15, 0.2) is 6.33 Å². The molecule has 9 heteroatoms. The highest BCUT2D eigenvalue weighted by Crippen LogP contribution is 1.99. The topological polar surface area (TPSA) is 125 Å². The van der Waals surface area contributed by atoms with Crippen molar-refractivity contribution in [1.82, 2.24) is 15.2 Å². The van der Waals surface area contributed by atoms with Gasteiger partial charge in [0.2, 0.25) is 16.0 Å². The van der Waals surface area contributed by atoms with Gasteiger partial charge in [0, 0.05) is 0 Å². The molecular formula is C5H8N4O4S. The molecule has 0 bridgehead atoms. The van der Waals surface area contributed by atoms with Crippen molar-refractivity contribution in [3.63, 3.8) is 0 Å². The largest absolute Gasteiger partial charge is 0.481 e. The van der Waals surface area contributed by atoms with Crippen LogP contribution in [0.25, 0.3) is 0 Å². The van der Waals surface area contributed by atoms with Gasteiger partial charge in [-0.3, -0.25) is 9.52 Å². The molecule has 0 fully saturated rings. The quantitative estimate of drug-likeness (QED) is 0.585. The van der Waals surface area contributed by atoms with E-state index in [0.29, 0.717) is 0 Å². The number of hydrogen-bond acceptors (Lipinski definition) is 5. The second-order valence-electron chi connectivity index (χ2n) is 2.40. The Bertz CT molecular complexity index is 397. The number of aromatic amines is 1. The van der Waals surface area contributed by atoms with Crippen molar-refractivity contribution in [1.29, 1.82) is 0 Å². The zero-order chi connectivity index (χ0) is 10.6. The molecular weight excluding hydrogens is 212 g/mol. The molecule has 0 unspecified atom stereocenters. The third-order valence-corrected chi connectivity index (χ3v) is 2.50. The Morgan fingerprint density at radius 2 is 2.36 bits per heavy atom. The van der Waals surface area contributed by atoms with E-state index in [1.807, 2.05) is 4.72 Å². The van der Waals surface area contributed by atoms with Crippen molar-refractivity contribution < 1.29 is 18.3 Å². The summed E-state index contributed by atoms with van der Waals surface area (Å²) in [6.07, 6.45) is 0.679. The maximum absolute atomic E-state index is 11.1. The molecule has 0 spiro atoms. The van der Waals surface area contributed by atoms with Gasteiger partial charge in [0.15, 0.2) is 0 Å². The maximum Gasteiger partial charge on any atom is 0.304 e. The minimum Gasteiger partial charge on any atom is -0.481 e. The number of carboxylic acids is 1. The monoisotopic (exact) mass is 220 g/mol. The molecule has 14 heavy (non-hydrogen) atoms. The number of hydrogen-bond donors (Lipinski definition) is 3. The third-order valence-electron chi connectivity index (χ3n) is 1.25. The lowest BCUT2D eigenvalue weighted by atomic mass is 10.5. The Labute approximate surface area is 79.4 Å². The van der Waals surface area contributed by atoms with Gasteiger partial charge in [-0.1, -0.05) is 0 Å². The molecule has 0 aliphatic carbocycles. The first-order valence-corrected chi connectivity index (χ1v) is 5.22. The van der Waals surface area contributed by atoms with Crippen LogP contribution in [-0.2, 0) is 14.8 Å². The van der Waals surface area contributed by atoms with Crippen molar-refractivity contribution in [3.8, 4) is 0 Å². The molecule has 8 nitrogen and oxygen atoms in total. The SMILES string of the molecule is O=C(O)CCS(=O)(=O)Nc1ncn[nH]1. The molecule has 0 saturated heterocycles. The molecule has 1 aromatic heterocycles. The van der Waals surface area contributed by atoms with Crippen molar-refractivity contribution >= 4 is 21.9 Å². The van der Waals surface area contributed by atoms with Gasteiger partial charge >= 0.3 is 5.97 Å². The average Bonchev–Trinajstić information content (AvgIpc) is 2.53. The van der Waals surface area contributed by atoms with Gasteiger partial charge < -0.3 is 5.11 Å². The van der Waals surface area contributed by atoms with Crippen LogP contribution < -0.4 is 4.72 Å². The smallest absolute Gasteiger partial charge is 0.304 e. The fraction of sp³-hybridized carbons (Fsp3) is 0.400. The standard InChI is InChI=1S/C5H8N4O4S/c10-4(11)1-2-14(12,13)9-5-6-3-7-8-5/h3H,1-2H2,(H,10,11)(H2,6,7,8,9). The number of H-pyrrole nitrogens is 1. The molecule has 0 atom stereocenters. The Kier molecular flexibility index (Phi) is 3.02. The number of anilines is 1. The summed E-state index contributed by atoms with van der Waals surface area (Å²) in [5, 5.41) is 14.0. The first-order chi connectivity index (χ1) is 6.49. The lowest BCUT2D eigenvalue weighted by Crippen LogP contribution is -2.19. The summed E-state index contributed by atoms with van der Waals surface area (Å²) in [4.78, 5) is 13.6. The Morgan fingerprint density at radius 1 is 1.64 bits per heavy atom. The van der Waals surface area contributed by atoms with Crippen LogP contribution in [0, 0.1) is 0 Å². The van der Waals surface area contributed by atoms with Crippen LogP contribution in [0.4, 0.5) is 5.95 Å². The molecule has 1 rings (SSSR count). The second-order valence-corrected chi connectivity index (χ2v) is 4.24. The van der Waals surface area contributed by atoms with Crippen molar-refractivity contribution in [3.05, 3.63) is 6.33 Å². The molecule has 0 aromatic carbocycles. The zero-order valence-corrected chi connectivity index (χ0v) is 7.78. The van der Waals surface area contributed by atoms with E-state index in [1.54, 1.807) is 0 Å². The van der Waals surface area contributed by atoms with Crippen molar-refractivity contribution in [2.75, 3.05) is 10.5 Å². The summed E-state index contributed by atoms with van der Waals surface area (Å²) in [7, 11) is -3.66. The number of aliphatic carboxylic acids is 1. The Hall–Kier alpha value is -1.64. The van der Waals surface area contributed by atoms with Crippen LogP contribution in [0.5, 0.6) is 0 Å². The molecule has 0 aliphatic rings. The molecule has 0 amide bonds. The van der Waals surface area contributed by atoms with Gasteiger partial charge in [0.05, 0.1) is 12.2 Å². The van der Waals surface area contributed by atoms with Crippen LogP contribution in [0.1, 0.15) is 6.42 Å². The van der Waals surface area contributed by atoms with E-state index in [0.717, 1.165) is 6.33 Å². The van der Waals surface area contributed by atoms with E-state index in [2.05, 4.69) is 15.2 Å². The average molecular weight is 220 g/mol. The van der Waals surface area contributed by atoms with Crippen LogP contribution in [0.3, 0.4) is 0 Å². The van der Waals surface area contributed by atoms with E-state index in [4.69, 9.17) is 5.11 Å². The van der Waals surface area contributed by atoms with Crippen molar-refractivity contribution in [2.45, 2.75) is 6.42 Å². The molecule has 0 radical (unpaired) electrons. The van der Waals surface area contributed by atoms with E-state index in [9.17, 15) is 13.2 Å². The highest BCUT2D eigenvalue weighted by atomic mass is 32.2. The summed E-state index contributed by atoms with van der Waals surface area (Å²) < 4.78 is 24.3. The molecule has 0 aliphatic heterocycles. The molecule has 78 valence electrons. The van der Waals surface area contributed by atoms with E-state index >= 15 is 0 Å². The van der Waals surface area contributed by atoms with Crippen LogP contribution >= 0.6 is 0 Å². The summed E-state index contributed by atoms with van der Waals surface area (Å²) >= 11 is 0. The van der Waals surface area contributed by atoms with Gasteiger partial charge in [0.25, 0.3) is 0 Å². The van der Waals surface area contributed by atoms with E-state index in [1.165, 1.54) is 0 Å².